The van der Waals surface area contributed by atoms with Crippen molar-refractivity contribution in [2.75, 3.05) is 16.3 Å². The Morgan fingerprint density at radius 2 is 1.84 bits per heavy atom. The highest BCUT2D eigenvalue weighted by atomic mass is 32.2. The normalized spacial score (nSPS) is 14.3. The second-order valence-electron chi connectivity index (χ2n) is 8.24. The number of aryl methyl sites for hydroxylation is 2. The standard InChI is InChI=1S/C23H26N4O4S/c1-15-8-10-17(14-19(15)26-32(2,30)31)24-22(28)16-9-11-18-20(13-16)25-21-7-5-3-4-6-12-27(21)23(18)29/h8-11,13-14,26H,3-7,12H2,1-2H3,(H,24,28). The molecule has 0 saturated carbocycles. The van der Waals surface area contributed by atoms with Crippen molar-refractivity contribution in [1.29, 1.82) is 0 Å². The molecule has 4 rings (SSSR count). The molecular weight excluding hydrogens is 428 g/mol. The van der Waals surface area contributed by atoms with Gasteiger partial charge in [0.2, 0.25) is 10.0 Å². The van der Waals surface area contributed by atoms with Gasteiger partial charge in [0.25, 0.3) is 11.5 Å². The average Bonchev–Trinajstić information content (AvgIpc) is 2.70. The van der Waals surface area contributed by atoms with Gasteiger partial charge in [0.15, 0.2) is 0 Å². The molecule has 8 nitrogen and oxygen atoms in total. The Balaban J connectivity index is 1.64. The van der Waals surface area contributed by atoms with Crippen LogP contribution in [0.2, 0.25) is 0 Å². The number of benzene rings is 2. The van der Waals surface area contributed by atoms with Crippen LogP contribution in [-0.2, 0) is 23.0 Å². The molecule has 3 aromatic rings. The number of rotatable bonds is 4. The summed E-state index contributed by atoms with van der Waals surface area (Å²) in [6, 6.07) is 9.90. The third-order valence-corrected chi connectivity index (χ3v) is 6.21. The molecule has 2 N–H and O–H groups in total. The summed E-state index contributed by atoms with van der Waals surface area (Å²) in [6.07, 6.45) is 6.03. The van der Waals surface area contributed by atoms with Gasteiger partial charge < -0.3 is 5.32 Å². The summed E-state index contributed by atoms with van der Waals surface area (Å²) in [4.78, 5) is 30.5. The largest absolute Gasteiger partial charge is 0.322 e. The summed E-state index contributed by atoms with van der Waals surface area (Å²) in [5.74, 6) is 0.407. The van der Waals surface area contributed by atoms with E-state index >= 15 is 0 Å². The Morgan fingerprint density at radius 3 is 2.62 bits per heavy atom. The highest BCUT2D eigenvalue weighted by Gasteiger charge is 2.15. The summed E-state index contributed by atoms with van der Waals surface area (Å²) >= 11 is 0. The minimum Gasteiger partial charge on any atom is -0.322 e. The van der Waals surface area contributed by atoms with Crippen molar-refractivity contribution in [3.8, 4) is 0 Å². The zero-order valence-electron chi connectivity index (χ0n) is 18.1. The lowest BCUT2D eigenvalue weighted by molar-refractivity contribution is 0.102. The SMILES string of the molecule is Cc1ccc(NC(=O)c2ccc3c(=O)n4c(nc3c2)CCCCCC4)cc1NS(C)(=O)=O. The van der Waals surface area contributed by atoms with Crippen molar-refractivity contribution in [3.63, 3.8) is 0 Å². The number of amides is 1. The number of carbonyl (C=O) groups excluding carboxylic acids is 1. The molecule has 0 aliphatic carbocycles. The first kappa shape index (κ1) is 22.0. The third-order valence-electron chi connectivity index (χ3n) is 5.62. The first-order valence-electron chi connectivity index (χ1n) is 10.6. The van der Waals surface area contributed by atoms with E-state index in [0.29, 0.717) is 34.4 Å². The van der Waals surface area contributed by atoms with E-state index in [9.17, 15) is 18.0 Å². The first-order chi connectivity index (χ1) is 15.2. The van der Waals surface area contributed by atoms with Crippen molar-refractivity contribution >= 4 is 38.2 Å². The zero-order chi connectivity index (χ0) is 22.9. The van der Waals surface area contributed by atoms with Crippen molar-refractivity contribution in [1.82, 2.24) is 9.55 Å². The molecule has 1 amide bonds. The van der Waals surface area contributed by atoms with E-state index in [4.69, 9.17) is 4.98 Å². The number of anilines is 2. The van der Waals surface area contributed by atoms with Gasteiger partial charge >= 0.3 is 0 Å². The lowest BCUT2D eigenvalue weighted by Crippen LogP contribution is -2.26. The molecule has 0 atom stereocenters. The van der Waals surface area contributed by atoms with Crippen LogP contribution in [-0.4, -0.2) is 30.1 Å². The monoisotopic (exact) mass is 454 g/mol. The predicted octanol–water partition coefficient (Wildman–Crippen LogP) is 3.45. The molecule has 0 unspecified atom stereocenters. The van der Waals surface area contributed by atoms with Gasteiger partial charge in [-0.15, -0.1) is 0 Å². The average molecular weight is 455 g/mol. The van der Waals surface area contributed by atoms with E-state index in [1.807, 2.05) is 0 Å². The van der Waals surface area contributed by atoms with Gasteiger partial charge in [0.1, 0.15) is 5.82 Å². The number of fused-ring (bicyclic) bond motifs is 2. The van der Waals surface area contributed by atoms with Gasteiger partial charge in [-0.2, -0.15) is 0 Å². The van der Waals surface area contributed by atoms with E-state index in [1.165, 1.54) is 0 Å². The second kappa shape index (κ2) is 8.74. The number of hydrogen-bond acceptors (Lipinski definition) is 5. The van der Waals surface area contributed by atoms with Crippen LogP contribution in [0.5, 0.6) is 0 Å². The third kappa shape index (κ3) is 4.83. The van der Waals surface area contributed by atoms with Gasteiger partial charge in [-0.3, -0.25) is 18.9 Å². The molecular formula is C23H26N4O4S. The van der Waals surface area contributed by atoms with E-state index in [0.717, 1.165) is 49.7 Å². The Bertz CT molecular complexity index is 1360. The summed E-state index contributed by atoms with van der Waals surface area (Å²) in [7, 11) is -3.44. The van der Waals surface area contributed by atoms with Crippen LogP contribution in [0.1, 0.15) is 47.4 Å². The van der Waals surface area contributed by atoms with Gasteiger partial charge in [-0.1, -0.05) is 18.9 Å². The molecule has 0 spiro atoms. The van der Waals surface area contributed by atoms with Crippen LogP contribution in [0.4, 0.5) is 11.4 Å². The maximum Gasteiger partial charge on any atom is 0.261 e. The fourth-order valence-electron chi connectivity index (χ4n) is 3.95. The van der Waals surface area contributed by atoms with E-state index in [1.54, 1.807) is 47.9 Å². The summed E-state index contributed by atoms with van der Waals surface area (Å²) in [5, 5.41) is 3.29. The summed E-state index contributed by atoms with van der Waals surface area (Å²) < 4.78 is 27.4. The molecule has 0 saturated heterocycles. The molecule has 168 valence electrons. The van der Waals surface area contributed by atoms with Crippen molar-refractivity contribution < 1.29 is 13.2 Å². The predicted molar refractivity (Wildman–Crippen MR) is 126 cm³/mol. The first-order valence-corrected chi connectivity index (χ1v) is 12.5. The minimum absolute atomic E-state index is 0.0612. The summed E-state index contributed by atoms with van der Waals surface area (Å²) in [5.41, 5.74) is 2.42. The molecule has 2 heterocycles. The van der Waals surface area contributed by atoms with Crippen LogP contribution in [0.25, 0.3) is 10.9 Å². The zero-order valence-corrected chi connectivity index (χ0v) is 19.0. The molecule has 1 aliphatic heterocycles. The number of aromatic nitrogens is 2. The van der Waals surface area contributed by atoms with Crippen LogP contribution < -0.4 is 15.6 Å². The Kier molecular flexibility index (Phi) is 6.01. The fraction of sp³-hybridized carbons (Fsp3) is 0.348. The molecule has 1 aromatic heterocycles. The highest BCUT2D eigenvalue weighted by molar-refractivity contribution is 7.92. The second-order valence-corrected chi connectivity index (χ2v) is 9.99. The summed E-state index contributed by atoms with van der Waals surface area (Å²) in [6.45, 7) is 2.45. The lowest BCUT2D eigenvalue weighted by atomic mass is 10.1. The van der Waals surface area contributed by atoms with Crippen LogP contribution >= 0.6 is 0 Å². The van der Waals surface area contributed by atoms with Gasteiger partial charge in [0.05, 0.1) is 22.8 Å². The number of nitrogens with zero attached hydrogens (tertiary/aromatic N) is 2. The Morgan fingerprint density at radius 1 is 1.06 bits per heavy atom. The molecule has 1 aliphatic rings. The smallest absolute Gasteiger partial charge is 0.261 e. The number of nitrogens with one attached hydrogen (secondary N) is 2. The molecule has 0 radical (unpaired) electrons. The Labute approximate surface area is 186 Å². The maximum atomic E-state index is 13.0. The Hall–Kier alpha value is -3.20. The van der Waals surface area contributed by atoms with Crippen molar-refractivity contribution in [2.24, 2.45) is 0 Å². The van der Waals surface area contributed by atoms with E-state index < -0.39 is 10.0 Å². The molecule has 9 heteroatoms. The van der Waals surface area contributed by atoms with Gasteiger partial charge in [-0.05, 0) is 55.7 Å². The van der Waals surface area contributed by atoms with E-state index in [-0.39, 0.29) is 11.5 Å². The maximum absolute atomic E-state index is 13.0. The number of hydrogen-bond donors (Lipinski definition) is 2. The van der Waals surface area contributed by atoms with Crippen LogP contribution in [0.15, 0.2) is 41.2 Å². The van der Waals surface area contributed by atoms with E-state index in [2.05, 4.69) is 10.0 Å². The number of sulfonamides is 1. The number of carbonyl (C=O) groups is 1. The van der Waals surface area contributed by atoms with Crippen molar-refractivity contribution in [2.45, 2.75) is 45.6 Å². The van der Waals surface area contributed by atoms with Gasteiger partial charge in [0, 0.05) is 24.2 Å². The van der Waals surface area contributed by atoms with Crippen molar-refractivity contribution in [3.05, 3.63) is 63.7 Å². The topological polar surface area (TPSA) is 110 Å². The van der Waals surface area contributed by atoms with Gasteiger partial charge in [-0.25, -0.2) is 13.4 Å². The van der Waals surface area contributed by atoms with Crippen LogP contribution in [0, 0.1) is 6.92 Å². The quantitative estimate of drug-likeness (QED) is 0.627. The molecule has 0 fully saturated rings. The highest BCUT2D eigenvalue weighted by Crippen LogP contribution is 2.22. The van der Waals surface area contributed by atoms with Crippen LogP contribution in [0.3, 0.4) is 0 Å². The molecule has 32 heavy (non-hydrogen) atoms. The minimum atomic E-state index is -3.44. The lowest BCUT2D eigenvalue weighted by Gasteiger charge is -2.16. The molecule has 2 aromatic carbocycles. The molecule has 0 bridgehead atoms. The fourth-order valence-corrected chi connectivity index (χ4v) is 4.57.